The van der Waals surface area contributed by atoms with Crippen molar-refractivity contribution in [2.45, 2.75) is 0 Å². The van der Waals surface area contributed by atoms with Crippen molar-refractivity contribution in [2.75, 3.05) is 5.73 Å². The zero-order valence-electron chi connectivity index (χ0n) is 10.2. The first-order valence-corrected chi connectivity index (χ1v) is 6.51. The van der Waals surface area contributed by atoms with E-state index in [1.54, 1.807) is 12.1 Å². The van der Waals surface area contributed by atoms with Gasteiger partial charge >= 0.3 is 0 Å². The summed E-state index contributed by atoms with van der Waals surface area (Å²) in [5, 5.41) is 13.1. The lowest BCUT2D eigenvalue weighted by Gasteiger charge is -2.05. The number of tetrazole rings is 1. The molecule has 0 aliphatic rings. The summed E-state index contributed by atoms with van der Waals surface area (Å²) >= 11 is 11.9. The molecule has 0 bridgehead atoms. The smallest absolute Gasteiger partial charge is 0.205 e. The Bertz CT molecular complexity index is 755. The number of benzene rings is 2. The molecular weight excluding hydrogens is 297 g/mol. The Kier molecular flexibility index (Phi) is 3.30. The molecule has 0 spiro atoms. The van der Waals surface area contributed by atoms with Crippen LogP contribution < -0.4 is 5.73 Å². The van der Waals surface area contributed by atoms with Gasteiger partial charge in [0.05, 0.1) is 15.7 Å². The highest BCUT2D eigenvalue weighted by Crippen LogP contribution is 2.29. The van der Waals surface area contributed by atoms with Gasteiger partial charge in [0.15, 0.2) is 0 Å². The molecule has 0 aliphatic heterocycles. The van der Waals surface area contributed by atoms with E-state index in [1.165, 1.54) is 4.80 Å². The summed E-state index contributed by atoms with van der Waals surface area (Å²) in [6.07, 6.45) is 0. The van der Waals surface area contributed by atoms with Crippen LogP contribution in [0.3, 0.4) is 0 Å². The maximum Gasteiger partial charge on any atom is 0.205 e. The van der Waals surface area contributed by atoms with Gasteiger partial charge < -0.3 is 5.73 Å². The van der Waals surface area contributed by atoms with E-state index in [1.807, 2.05) is 30.3 Å². The number of nitrogen functional groups attached to an aromatic ring is 1. The lowest BCUT2D eigenvalue weighted by Crippen LogP contribution is -2.03. The third-order valence-electron chi connectivity index (χ3n) is 2.73. The highest BCUT2D eigenvalue weighted by molar-refractivity contribution is 6.42. The predicted octanol–water partition coefficient (Wildman–Crippen LogP) is 3.22. The van der Waals surface area contributed by atoms with Crippen LogP contribution in [0.15, 0.2) is 42.5 Å². The second-order valence-electron chi connectivity index (χ2n) is 4.09. The molecule has 0 unspecified atom stereocenters. The van der Waals surface area contributed by atoms with E-state index < -0.39 is 0 Å². The monoisotopic (exact) mass is 305 g/mol. The number of rotatable bonds is 2. The molecule has 5 nitrogen and oxygen atoms in total. The standard InChI is InChI=1S/C13H9Cl2N5/c14-9-6-11(16)12(7-10(9)15)20-18-13(17-19-20)8-4-2-1-3-5-8/h1-7H,16H2. The Morgan fingerprint density at radius 1 is 1.00 bits per heavy atom. The summed E-state index contributed by atoms with van der Waals surface area (Å²) in [4.78, 5) is 1.33. The van der Waals surface area contributed by atoms with Crippen LogP contribution in [0.2, 0.25) is 10.0 Å². The van der Waals surface area contributed by atoms with Crippen molar-refractivity contribution in [1.29, 1.82) is 0 Å². The number of halogens is 2. The highest BCUT2D eigenvalue weighted by Gasteiger charge is 2.11. The van der Waals surface area contributed by atoms with E-state index in [-0.39, 0.29) is 0 Å². The molecule has 0 saturated carbocycles. The van der Waals surface area contributed by atoms with Gasteiger partial charge in [-0.15, -0.1) is 15.0 Å². The van der Waals surface area contributed by atoms with Crippen LogP contribution in [0, 0.1) is 0 Å². The van der Waals surface area contributed by atoms with E-state index in [0.717, 1.165) is 5.56 Å². The van der Waals surface area contributed by atoms with Crippen molar-refractivity contribution in [3.8, 4) is 17.1 Å². The first-order valence-electron chi connectivity index (χ1n) is 5.75. The molecule has 0 amide bonds. The van der Waals surface area contributed by atoms with Crippen LogP contribution in [0.4, 0.5) is 5.69 Å². The molecule has 1 heterocycles. The number of nitrogens with zero attached hydrogens (tertiary/aromatic N) is 4. The first-order chi connectivity index (χ1) is 9.65. The maximum absolute atomic E-state index is 5.98. The van der Waals surface area contributed by atoms with Crippen LogP contribution >= 0.6 is 23.2 Å². The van der Waals surface area contributed by atoms with Crippen molar-refractivity contribution < 1.29 is 0 Å². The second kappa shape index (κ2) is 5.11. The predicted molar refractivity (Wildman–Crippen MR) is 79.0 cm³/mol. The summed E-state index contributed by atoms with van der Waals surface area (Å²) in [6.45, 7) is 0. The van der Waals surface area contributed by atoms with Crippen molar-refractivity contribution in [2.24, 2.45) is 0 Å². The van der Waals surface area contributed by atoms with E-state index in [0.29, 0.717) is 27.2 Å². The number of hydrogen-bond donors (Lipinski definition) is 1. The molecule has 0 saturated heterocycles. The van der Waals surface area contributed by atoms with Gasteiger partial charge in [-0.2, -0.15) is 0 Å². The molecule has 7 heteroatoms. The largest absolute Gasteiger partial charge is 0.397 e. The lowest BCUT2D eigenvalue weighted by atomic mass is 10.2. The highest BCUT2D eigenvalue weighted by atomic mass is 35.5. The molecule has 2 N–H and O–H groups in total. The average Bonchev–Trinajstić information content (AvgIpc) is 2.93. The number of nitrogens with two attached hydrogens (primary N) is 1. The third-order valence-corrected chi connectivity index (χ3v) is 3.45. The van der Waals surface area contributed by atoms with Gasteiger partial charge in [0.2, 0.25) is 5.82 Å². The van der Waals surface area contributed by atoms with Gasteiger partial charge in [-0.3, -0.25) is 0 Å². The normalized spacial score (nSPS) is 10.7. The molecule has 2 aromatic carbocycles. The summed E-state index contributed by atoms with van der Waals surface area (Å²) in [5.41, 5.74) is 7.73. The summed E-state index contributed by atoms with van der Waals surface area (Å²) < 4.78 is 0. The Labute approximate surface area is 124 Å². The number of hydrogen-bond acceptors (Lipinski definition) is 4. The maximum atomic E-state index is 5.98. The van der Waals surface area contributed by atoms with Crippen molar-refractivity contribution in [3.05, 3.63) is 52.5 Å². The van der Waals surface area contributed by atoms with Gasteiger partial charge in [0.1, 0.15) is 5.69 Å². The van der Waals surface area contributed by atoms with E-state index in [4.69, 9.17) is 28.9 Å². The SMILES string of the molecule is Nc1cc(Cl)c(Cl)cc1-n1nnc(-c2ccccc2)n1. The quantitative estimate of drug-likeness (QED) is 0.738. The number of anilines is 1. The van der Waals surface area contributed by atoms with E-state index >= 15 is 0 Å². The lowest BCUT2D eigenvalue weighted by molar-refractivity contribution is 0.722. The molecule has 1 aromatic heterocycles. The molecular formula is C13H9Cl2N5. The minimum atomic E-state index is 0.384. The summed E-state index contributed by atoms with van der Waals surface area (Å²) in [6, 6.07) is 12.7. The van der Waals surface area contributed by atoms with Crippen LogP contribution in [-0.2, 0) is 0 Å². The minimum Gasteiger partial charge on any atom is -0.397 e. The zero-order valence-corrected chi connectivity index (χ0v) is 11.7. The molecule has 0 atom stereocenters. The third kappa shape index (κ3) is 2.33. The number of aromatic nitrogens is 4. The van der Waals surface area contributed by atoms with E-state index in [2.05, 4.69) is 15.4 Å². The van der Waals surface area contributed by atoms with Crippen LogP contribution in [0.25, 0.3) is 17.1 Å². The molecule has 100 valence electrons. The topological polar surface area (TPSA) is 69.6 Å². The van der Waals surface area contributed by atoms with Crippen LogP contribution in [0.1, 0.15) is 0 Å². The molecule has 3 rings (SSSR count). The Morgan fingerprint density at radius 2 is 1.70 bits per heavy atom. The Hall–Kier alpha value is -2.11. The van der Waals surface area contributed by atoms with Crippen molar-refractivity contribution in [1.82, 2.24) is 20.2 Å². The molecule has 20 heavy (non-hydrogen) atoms. The summed E-state index contributed by atoms with van der Waals surface area (Å²) in [5.74, 6) is 0.510. The fraction of sp³-hybridized carbons (Fsp3) is 0. The van der Waals surface area contributed by atoms with Gasteiger partial charge in [-0.1, -0.05) is 53.5 Å². The van der Waals surface area contributed by atoms with Gasteiger partial charge in [0, 0.05) is 5.56 Å². The molecule has 0 radical (unpaired) electrons. The van der Waals surface area contributed by atoms with Gasteiger partial charge in [0.25, 0.3) is 0 Å². The zero-order chi connectivity index (χ0) is 14.1. The minimum absolute atomic E-state index is 0.384. The van der Waals surface area contributed by atoms with Gasteiger partial charge in [-0.25, -0.2) is 0 Å². The fourth-order valence-electron chi connectivity index (χ4n) is 1.74. The fourth-order valence-corrected chi connectivity index (χ4v) is 2.07. The van der Waals surface area contributed by atoms with Crippen molar-refractivity contribution in [3.63, 3.8) is 0 Å². The molecule has 3 aromatic rings. The van der Waals surface area contributed by atoms with Crippen LogP contribution in [0.5, 0.6) is 0 Å². The first kappa shape index (κ1) is 12.9. The van der Waals surface area contributed by atoms with Gasteiger partial charge in [-0.05, 0) is 17.3 Å². The Morgan fingerprint density at radius 3 is 2.45 bits per heavy atom. The Balaban J connectivity index is 2.05. The summed E-state index contributed by atoms with van der Waals surface area (Å²) in [7, 11) is 0. The average molecular weight is 306 g/mol. The molecule has 0 fully saturated rings. The van der Waals surface area contributed by atoms with E-state index in [9.17, 15) is 0 Å². The van der Waals surface area contributed by atoms with Crippen molar-refractivity contribution >= 4 is 28.9 Å². The second-order valence-corrected chi connectivity index (χ2v) is 4.91. The van der Waals surface area contributed by atoms with Crippen LogP contribution in [-0.4, -0.2) is 20.2 Å². The molecule has 0 aliphatic carbocycles.